The van der Waals surface area contributed by atoms with Crippen molar-refractivity contribution < 1.29 is 0 Å². The first-order valence-corrected chi connectivity index (χ1v) is 7.15. The number of nitrogens with zero attached hydrogens (tertiary/aromatic N) is 2. The van der Waals surface area contributed by atoms with Crippen LogP contribution in [0.15, 0.2) is 34.2 Å². The Hall–Kier alpha value is -1.09. The first-order chi connectivity index (χ1) is 8.55. The predicted molar refractivity (Wildman–Crippen MR) is 77.9 cm³/mol. The third-order valence-corrected chi connectivity index (χ3v) is 4.61. The molecular weight excluding hydrogens is 334 g/mol. The number of hydrogen-bond donors (Lipinski definition) is 1. The molecule has 1 unspecified atom stereocenters. The van der Waals surface area contributed by atoms with Crippen molar-refractivity contribution in [1.29, 1.82) is 5.26 Å². The zero-order valence-electron chi connectivity index (χ0n) is 9.45. The van der Waals surface area contributed by atoms with Gasteiger partial charge in [-0.05, 0) is 41.1 Å². The molecule has 0 amide bonds. The number of benzene rings is 1. The van der Waals surface area contributed by atoms with Gasteiger partial charge >= 0.3 is 0 Å². The van der Waals surface area contributed by atoms with E-state index in [1.807, 2.05) is 17.5 Å². The molecule has 1 aromatic carbocycles. The molecule has 1 heterocycles. The number of thiazole rings is 1. The molecule has 1 atom stereocenters. The first-order valence-electron chi connectivity index (χ1n) is 5.09. The summed E-state index contributed by atoms with van der Waals surface area (Å²) in [6, 6.07) is 7.69. The third-order valence-electron chi connectivity index (χ3n) is 2.40. The number of aromatic nitrogens is 1. The molecular formula is C12H9BrClN3S. The predicted octanol–water partition coefficient (Wildman–Crippen LogP) is 4.41. The van der Waals surface area contributed by atoms with Gasteiger partial charge in [-0.25, -0.2) is 4.98 Å². The normalized spacial score (nSPS) is 13.7. The minimum Gasteiger partial charge on any atom is -0.362 e. The van der Waals surface area contributed by atoms with Crippen molar-refractivity contribution in [2.75, 3.05) is 5.32 Å². The van der Waals surface area contributed by atoms with Gasteiger partial charge in [0.1, 0.15) is 5.01 Å². The Morgan fingerprint density at radius 1 is 1.56 bits per heavy atom. The van der Waals surface area contributed by atoms with Crippen molar-refractivity contribution in [3.05, 3.63) is 44.3 Å². The summed E-state index contributed by atoms with van der Waals surface area (Å²) in [5.74, 6) is 0. The summed E-state index contributed by atoms with van der Waals surface area (Å²) in [6.45, 7) is 1.80. The Balaban J connectivity index is 2.31. The van der Waals surface area contributed by atoms with E-state index in [4.69, 9.17) is 11.6 Å². The molecule has 2 aromatic rings. The Kier molecular flexibility index (Phi) is 3.91. The summed E-state index contributed by atoms with van der Waals surface area (Å²) in [5.41, 5.74) is -0.0351. The van der Waals surface area contributed by atoms with Crippen LogP contribution in [0.5, 0.6) is 0 Å². The van der Waals surface area contributed by atoms with Crippen LogP contribution in [0.25, 0.3) is 0 Å². The number of hydrogen-bond acceptors (Lipinski definition) is 4. The molecule has 2 rings (SSSR count). The first kappa shape index (κ1) is 13.3. The summed E-state index contributed by atoms with van der Waals surface area (Å²) in [7, 11) is 0. The Morgan fingerprint density at radius 2 is 2.33 bits per heavy atom. The van der Waals surface area contributed by atoms with Gasteiger partial charge in [0.05, 0.1) is 11.1 Å². The fourth-order valence-electron chi connectivity index (χ4n) is 1.46. The Bertz CT molecular complexity index is 594. The maximum absolute atomic E-state index is 9.36. The van der Waals surface area contributed by atoms with E-state index in [1.54, 1.807) is 19.2 Å². The molecule has 0 saturated heterocycles. The summed E-state index contributed by atoms with van der Waals surface area (Å²) in [4.78, 5) is 4.19. The number of rotatable bonds is 3. The topological polar surface area (TPSA) is 48.7 Å². The minimum absolute atomic E-state index is 0.633. The van der Waals surface area contributed by atoms with Crippen LogP contribution >= 0.6 is 38.9 Å². The van der Waals surface area contributed by atoms with Crippen molar-refractivity contribution in [2.24, 2.45) is 0 Å². The lowest BCUT2D eigenvalue weighted by molar-refractivity contribution is 0.699. The maximum atomic E-state index is 9.36. The molecule has 92 valence electrons. The quantitative estimate of drug-likeness (QED) is 0.899. The van der Waals surface area contributed by atoms with Crippen LogP contribution < -0.4 is 5.32 Å². The van der Waals surface area contributed by atoms with E-state index in [-0.39, 0.29) is 0 Å². The van der Waals surface area contributed by atoms with E-state index in [2.05, 4.69) is 32.3 Å². The largest absolute Gasteiger partial charge is 0.362 e. The monoisotopic (exact) mass is 341 g/mol. The Morgan fingerprint density at radius 3 is 2.89 bits per heavy atom. The molecule has 0 bridgehead atoms. The standard InChI is InChI=1S/C12H9BrClN3S/c1-12(7-15,11-16-4-5-18-11)17-8-2-3-10(14)9(13)6-8/h2-6,17H,1H3. The highest BCUT2D eigenvalue weighted by Crippen LogP contribution is 2.30. The molecule has 0 fully saturated rings. The van der Waals surface area contributed by atoms with Gasteiger partial charge < -0.3 is 5.32 Å². The highest BCUT2D eigenvalue weighted by Gasteiger charge is 2.29. The van der Waals surface area contributed by atoms with Crippen LogP contribution in [0.4, 0.5) is 5.69 Å². The summed E-state index contributed by atoms with van der Waals surface area (Å²) in [5, 5.41) is 15.7. The molecule has 1 N–H and O–H groups in total. The van der Waals surface area contributed by atoms with Crippen LogP contribution in [-0.4, -0.2) is 4.98 Å². The average Bonchev–Trinajstić information content (AvgIpc) is 2.88. The van der Waals surface area contributed by atoms with Gasteiger partial charge in [0.2, 0.25) is 0 Å². The number of halogens is 2. The molecule has 1 aromatic heterocycles. The van der Waals surface area contributed by atoms with Gasteiger partial charge in [0.25, 0.3) is 0 Å². The van der Waals surface area contributed by atoms with Gasteiger partial charge in [-0.15, -0.1) is 11.3 Å². The van der Waals surface area contributed by atoms with E-state index in [0.717, 1.165) is 15.2 Å². The highest BCUT2D eigenvalue weighted by atomic mass is 79.9. The molecule has 3 nitrogen and oxygen atoms in total. The van der Waals surface area contributed by atoms with E-state index in [1.165, 1.54) is 11.3 Å². The summed E-state index contributed by atoms with van der Waals surface area (Å²) < 4.78 is 0.786. The van der Waals surface area contributed by atoms with Crippen LogP contribution in [-0.2, 0) is 5.54 Å². The molecule has 0 aliphatic rings. The molecule has 0 spiro atoms. The molecule has 0 aliphatic heterocycles. The summed E-state index contributed by atoms with van der Waals surface area (Å²) >= 11 is 10.7. The zero-order valence-corrected chi connectivity index (χ0v) is 12.6. The van der Waals surface area contributed by atoms with Crippen molar-refractivity contribution in [2.45, 2.75) is 12.5 Å². The number of nitriles is 1. The fourth-order valence-corrected chi connectivity index (χ4v) is 2.66. The third kappa shape index (κ3) is 2.66. The van der Waals surface area contributed by atoms with E-state index >= 15 is 0 Å². The molecule has 0 saturated carbocycles. The minimum atomic E-state index is -0.846. The van der Waals surface area contributed by atoms with Crippen molar-refractivity contribution >= 4 is 44.6 Å². The summed E-state index contributed by atoms with van der Waals surface area (Å²) in [6.07, 6.45) is 1.69. The second-order valence-electron chi connectivity index (χ2n) is 3.83. The second kappa shape index (κ2) is 5.27. The average molecular weight is 343 g/mol. The van der Waals surface area contributed by atoms with Gasteiger partial charge in [-0.3, -0.25) is 0 Å². The van der Waals surface area contributed by atoms with E-state index < -0.39 is 5.54 Å². The van der Waals surface area contributed by atoms with Crippen LogP contribution in [0.2, 0.25) is 5.02 Å². The van der Waals surface area contributed by atoms with E-state index in [9.17, 15) is 5.26 Å². The van der Waals surface area contributed by atoms with Gasteiger partial charge in [-0.1, -0.05) is 11.6 Å². The zero-order chi connectivity index (χ0) is 13.2. The van der Waals surface area contributed by atoms with Crippen molar-refractivity contribution in [3.8, 4) is 6.07 Å². The van der Waals surface area contributed by atoms with Gasteiger partial charge in [-0.2, -0.15) is 5.26 Å². The smallest absolute Gasteiger partial charge is 0.174 e. The lowest BCUT2D eigenvalue weighted by atomic mass is 10.1. The molecule has 0 aliphatic carbocycles. The number of anilines is 1. The lowest BCUT2D eigenvalue weighted by Gasteiger charge is -2.22. The van der Waals surface area contributed by atoms with Crippen molar-refractivity contribution in [3.63, 3.8) is 0 Å². The lowest BCUT2D eigenvalue weighted by Crippen LogP contribution is -2.29. The van der Waals surface area contributed by atoms with Gasteiger partial charge in [0.15, 0.2) is 5.54 Å². The maximum Gasteiger partial charge on any atom is 0.174 e. The molecule has 6 heteroatoms. The van der Waals surface area contributed by atoms with Crippen molar-refractivity contribution in [1.82, 2.24) is 4.98 Å². The molecule has 0 radical (unpaired) electrons. The second-order valence-corrected chi connectivity index (χ2v) is 5.98. The van der Waals surface area contributed by atoms with Gasteiger partial charge in [0, 0.05) is 21.7 Å². The number of nitrogens with one attached hydrogen (secondary N) is 1. The van der Waals surface area contributed by atoms with Crippen LogP contribution in [0.3, 0.4) is 0 Å². The fraction of sp³-hybridized carbons (Fsp3) is 0.167. The Labute approximate surface area is 123 Å². The van der Waals surface area contributed by atoms with Crippen LogP contribution in [0.1, 0.15) is 11.9 Å². The van der Waals surface area contributed by atoms with Crippen LogP contribution in [0, 0.1) is 11.3 Å². The SMILES string of the molecule is CC(C#N)(Nc1ccc(Cl)c(Br)c1)c1nccs1. The molecule has 18 heavy (non-hydrogen) atoms. The highest BCUT2D eigenvalue weighted by molar-refractivity contribution is 9.10. The van der Waals surface area contributed by atoms with E-state index in [0.29, 0.717) is 5.02 Å².